The predicted molar refractivity (Wildman–Crippen MR) is 81.1 cm³/mol. The van der Waals surface area contributed by atoms with Crippen LogP contribution >= 0.6 is 46.4 Å². The number of rotatable bonds is 3. The maximum Gasteiger partial charge on any atom is 0.307 e. The Morgan fingerprint density at radius 1 is 1.15 bits per heavy atom. The SMILES string of the molecule is O=C(O)Cc1cc(Cl)cnc1-c1ccc(Cl)c(Cl)c1Cl. The van der Waals surface area contributed by atoms with Crippen molar-refractivity contribution in [2.75, 3.05) is 0 Å². The number of halogens is 4. The first kappa shape index (κ1) is 15.4. The van der Waals surface area contributed by atoms with Gasteiger partial charge in [-0.3, -0.25) is 9.78 Å². The number of aliphatic carboxylic acids is 1. The van der Waals surface area contributed by atoms with Gasteiger partial charge >= 0.3 is 5.97 Å². The van der Waals surface area contributed by atoms with Crippen LogP contribution in [0.2, 0.25) is 20.1 Å². The highest BCUT2D eigenvalue weighted by Crippen LogP contribution is 2.38. The Kier molecular flexibility index (Phi) is 4.76. The number of hydrogen-bond donors (Lipinski definition) is 1. The second kappa shape index (κ2) is 6.19. The molecule has 0 amide bonds. The Bertz CT molecular complexity index is 688. The second-order valence-electron chi connectivity index (χ2n) is 3.95. The van der Waals surface area contributed by atoms with Gasteiger partial charge in [-0.2, -0.15) is 0 Å². The lowest BCUT2D eigenvalue weighted by molar-refractivity contribution is -0.136. The summed E-state index contributed by atoms with van der Waals surface area (Å²) in [5.74, 6) is -0.994. The summed E-state index contributed by atoms with van der Waals surface area (Å²) < 4.78 is 0. The minimum Gasteiger partial charge on any atom is -0.481 e. The van der Waals surface area contributed by atoms with Crippen molar-refractivity contribution in [1.82, 2.24) is 4.98 Å². The number of carbonyl (C=O) groups is 1. The van der Waals surface area contributed by atoms with Crippen molar-refractivity contribution < 1.29 is 9.90 Å². The Labute approximate surface area is 135 Å². The third-order valence-corrected chi connectivity index (χ3v) is 4.07. The molecule has 0 radical (unpaired) electrons. The van der Waals surface area contributed by atoms with E-state index in [1.54, 1.807) is 12.1 Å². The molecule has 20 heavy (non-hydrogen) atoms. The number of carboxylic acids is 1. The Morgan fingerprint density at radius 2 is 1.85 bits per heavy atom. The van der Waals surface area contributed by atoms with Crippen LogP contribution in [0, 0.1) is 0 Å². The molecule has 2 rings (SSSR count). The molecule has 0 unspecified atom stereocenters. The molecule has 0 atom stereocenters. The molecule has 0 aliphatic heterocycles. The zero-order valence-electron chi connectivity index (χ0n) is 9.83. The van der Waals surface area contributed by atoms with Gasteiger partial charge in [0, 0.05) is 11.8 Å². The van der Waals surface area contributed by atoms with Gasteiger partial charge in [0.1, 0.15) is 0 Å². The average Bonchev–Trinajstić information content (AvgIpc) is 2.37. The maximum absolute atomic E-state index is 10.9. The van der Waals surface area contributed by atoms with Crippen LogP contribution in [0.25, 0.3) is 11.3 Å². The lowest BCUT2D eigenvalue weighted by Gasteiger charge is -2.11. The molecule has 104 valence electrons. The molecule has 1 aromatic carbocycles. The molecule has 0 saturated carbocycles. The quantitative estimate of drug-likeness (QED) is 0.793. The molecule has 3 nitrogen and oxygen atoms in total. The van der Waals surface area contributed by atoms with Gasteiger partial charge in [-0.25, -0.2) is 0 Å². The van der Waals surface area contributed by atoms with Crippen LogP contribution in [0.1, 0.15) is 5.56 Å². The minimum absolute atomic E-state index is 0.198. The summed E-state index contributed by atoms with van der Waals surface area (Å²) >= 11 is 23.9. The molecule has 7 heteroatoms. The maximum atomic E-state index is 10.9. The summed E-state index contributed by atoms with van der Waals surface area (Å²) in [5, 5.41) is 10.0. The molecule has 0 aliphatic carbocycles. The van der Waals surface area contributed by atoms with Crippen LogP contribution < -0.4 is 0 Å². The van der Waals surface area contributed by atoms with Crippen molar-refractivity contribution >= 4 is 52.4 Å². The first-order valence-electron chi connectivity index (χ1n) is 5.40. The fraction of sp³-hybridized carbons (Fsp3) is 0.0769. The third-order valence-electron chi connectivity index (χ3n) is 2.57. The topological polar surface area (TPSA) is 50.2 Å². The normalized spacial score (nSPS) is 10.6. The number of hydrogen-bond acceptors (Lipinski definition) is 2. The van der Waals surface area contributed by atoms with E-state index < -0.39 is 5.97 Å². The molecular formula is C13H7Cl4NO2. The Balaban J connectivity index is 2.63. The second-order valence-corrected chi connectivity index (χ2v) is 5.55. The van der Waals surface area contributed by atoms with E-state index >= 15 is 0 Å². The highest BCUT2D eigenvalue weighted by atomic mass is 35.5. The summed E-state index contributed by atoms with van der Waals surface area (Å²) in [5.41, 5.74) is 1.37. The highest BCUT2D eigenvalue weighted by molar-refractivity contribution is 6.49. The van der Waals surface area contributed by atoms with Crippen LogP contribution in [-0.4, -0.2) is 16.1 Å². The number of nitrogens with zero attached hydrogens (tertiary/aromatic N) is 1. The van der Waals surface area contributed by atoms with Crippen LogP contribution in [0.5, 0.6) is 0 Å². The van der Waals surface area contributed by atoms with Gasteiger partial charge in [0.25, 0.3) is 0 Å². The van der Waals surface area contributed by atoms with Crippen molar-refractivity contribution in [1.29, 1.82) is 0 Å². The van der Waals surface area contributed by atoms with Gasteiger partial charge in [-0.05, 0) is 23.8 Å². The van der Waals surface area contributed by atoms with Crippen LogP contribution in [0.15, 0.2) is 24.4 Å². The Morgan fingerprint density at radius 3 is 2.50 bits per heavy atom. The smallest absolute Gasteiger partial charge is 0.307 e. The molecule has 1 N–H and O–H groups in total. The first-order chi connectivity index (χ1) is 9.40. The molecule has 1 aromatic heterocycles. The first-order valence-corrected chi connectivity index (χ1v) is 6.91. The van der Waals surface area contributed by atoms with Gasteiger partial charge in [0.05, 0.1) is 32.2 Å². The van der Waals surface area contributed by atoms with E-state index in [9.17, 15) is 4.79 Å². The molecule has 0 saturated heterocycles. The zero-order valence-corrected chi connectivity index (χ0v) is 12.9. The lowest BCUT2D eigenvalue weighted by Crippen LogP contribution is -2.03. The largest absolute Gasteiger partial charge is 0.481 e. The van der Waals surface area contributed by atoms with Crippen LogP contribution in [0.3, 0.4) is 0 Å². The monoisotopic (exact) mass is 349 g/mol. The molecule has 2 aromatic rings. The Hall–Kier alpha value is -1.000. The van der Waals surface area contributed by atoms with E-state index in [1.807, 2.05) is 0 Å². The predicted octanol–water partition coefficient (Wildman–Crippen LogP) is 4.99. The summed E-state index contributed by atoms with van der Waals surface area (Å²) in [7, 11) is 0. The minimum atomic E-state index is -0.994. The van der Waals surface area contributed by atoms with Gasteiger partial charge in [-0.15, -0.1) is 0 Å². The number of aromatic nitrogens is 1. The average molecular weight is 351 g/mol. The number of carboxylic acid groups (broad SMARTS) is 1. The number of benzene rings is 1. The summed E-state index contributed by atoms with van der Waals surface area (Å²) in [4.78, 5) is 15.1. The summed E-state index contributed by atoms with van der Waals surface area (Å²) in [6.45, 7) is 0. The molecule has 1 heterocycles. The van der Waals surface area contributed by atoms with E-state index in [0.29, 0.717) is 26.9 Å². The van der Waals surface area contributed by atoms with Gasteiger partial charge in [0.2, 0.25) is 0 Å². The van der Waals surface area contributed by atoms with Gasteiger partial charge in [0.15, 0.2) is 0 Å². The van der Waals surface area contributed by atoms with Crippen molar-refractivity contribution in [3.63, 3.8) is 0 Å². The zero-order chi connectivity index (χ0) is 14.9. The lowest BCUT2D eigenvalue weighted by atomic mass is 10.0. The van der Waals surface area contributed by atoms with Crippen molar-refractivity contribution in [2.45, 2.75) is 6.42 Å². The van der Waals surface area contributed by atoms with Crippen LogP contribution in [-0.2, 0) is 11.2 Å². The summed E-state index contributed by atoms with van der Waals surface area (Å²) in [6.07, 6.45) is 1.19. The van der Waals surface area contributed by atoms with Crippen molar-refractivity contribution in [3.05, 3.63) is 50.0 Å². The molecular weight excluding hydrogens is 344 g/mol. The summed E-state index contributed by atoms with van der Waals surface area (Å²) in [6, 6.07) is 4.75. The highest BCUT2D eigenvalue weighted by Gasteiger charge is 2.16. The molecule has 0 bridgehead atoms. The van der Waals surface area contributed by atoms with Crippen molar-refractivity contribution in [3.8, 4) is 11.3 Å². The molecule has 0 aliphatic rings. The van der Waals surface area contributed by atoms with Crippen molar-refractivity contribution in [2.24, 2.45) is 0 Å². The van der Waals surface area contributed by atoms with E-state index in [4.69, 9.17) is 51.5 Å². The number of pyridine rings is 1. The van der Waals surface area contributed by atoms with E-state index in [2.05, 4.69) is 4.98 Å². The van der Waals surface area contributed by atoms with Gasteiger partial charge in [-0.1, -0.05) is 46.4 Å². The van der Waals surface area contributed by atoms with Crippen LogP contribution in [0.4, 0.5) is 0 Å². The standard InChI is InChI=1S/C13H7Cl4NO2/c14-7-3-6(4-10(19)20)13(18-5-7)8-1-2-9(15)12(17)11(8)16/h1-3,5H,4H2,(H,19,20). The molecule has 0 fully saturated rings. The van der Waals surface area contributed by atoms with E-state index in [0.717, 1.165) is 0 Å². The van der Waals surface area contributed by atoms with E-state index in [1.165, 1.54) is 12.3 Å². The van der Waals surface area contributed by atoms with Gasteiger partial charge < -0.3 is 5.11 Å². The molecule has 0 spiro atoms. The van der Waals surface area contributed by atoms with E-state index in [-0.39, 0.29) is 16.5 Å². The fourth-order valence-corrected chi connectivity index (χ4v) is 2.54. The fourth-order valence-electron chi connectivity index (χ4n) is 1.73. The third kappa shape index (κ3) is 3.18.